The number of hydrogen-bond donors (Lipinski definition) is 1. The minimum atomic E-state index is 0.0246. The first-order valence-corrected chi connectivity index (χ1v) is 8.18. The fourth-order valence-electron chi connectivity index (χ4n) is 1.98. The summed E-state index contributed by atoms with van der Waals surface area (Å²) in [6.07, 6.45) is 0.838. The van der Waals surface area contributed by atoms with Gasteiger partial charge in [0.2, 0.25) is 5.91 Å². The van der Waals surface area contributed by atoms with Crippen molar-refractivity contribution >= 4 is 23.5 Å². The van der Waals surface area contributed by atoms with Crippen LogP contribution in [0.25, 0.3) is 0 Å². The van der Waals surface area contributed by atoms with Gasteiger partial charge in [-0.1, -0.05) is 42.5 Å². The van der Waals surface area contributed by atoms with Crippen molar-refractivity contribution in [3.8, 4) is 0 Å². The normalized spacial score (nSPS) is 10.2. The third-order valence-electron chi connectivity index (χ3n) is 3.21. The lowest BCUT2D eigenvalue weighted by Gasteiger charge is -2.06. The minimum Gasteiger partial charge on any atom is -0.355 e. The Labute approximate surface area is 135 Å². The van der Waals surface area contributed by atoms with E-state index in [4.69, 9.17) is 0 Å². The molecule has 3 nitrogen and oxygen atoms in total. The second-order valence-electron chi connectivity index (χ2n) is 4.95. The Morgan fingerprint density at radius 1 is 1.00 bits per heavy atom. The number of amides is 1. The van der Waals surface area contributed by atoms with Crippen LogP contribution in [0.3, 0.4) is 0 Å². The Morgan fingerprint density at radius 3 is 2.32 bits per heavy atom. The van der Waals surface area contributed by atoms with Crippen LogP contribution < -0.4 is 5.32 Å². The van der Waals surface area contributed by atoms with Crippen molar-refractivity contribution in [3.63, 3.8) is 0 Å². The van der Waals surface area contributed by atoms with Gasteiger partial charge in [-0.3, -0.25) is 9.59 Å². The first-order chi connectivity index (χ1) is 10.6. The molecular formula is C18H19NO2S. The number of carbonyl (C=O) groups is 2. The van der Waals surface area contributed by atoms with Crippen LogP contribution in [0.4, 0.5) is 0 Å². The van der Waals surface area contributed by atoms with E-state index in [2.05, 4.69) is 17.4 Å². The number of carbonyl (C=O) groups excluding carboxylic acids is 2. The van der Waals surface area contributed by atoms with Crippen LogP contribution >= 0.6 is 11.8 Å². The highest BCUT2D eigenvalue weighted by molar-refractivity contribution is 8.00. The van der Waals surface area contributed by atoms with Crippen molar-refractivity contribution in [2.75, 3.05) is 12.3 Å². The highest BCUT2D eigenvalue weighted by atomic mass is 32.2. The van der Waals surface area contributed by atoms with Gasteiger partial charge in [-0.25, -0.2) is 0 Å². The summed E-state index contributed by atoms with van der Waals surface area (Å²) >= 11 is 1.47. The van der Waals surface area contributed by atoms with Crippen molar-refractivity contribution in [2.45, 2.75) is 18.2 Å². The molecule has 2 rings (SSSR count). The molecule has 4 heteroatoms. The van der Waals surface area contributed by atoms with Gasteiger partial charge < -0.3 is 5.32 Å². The molecule has 0 aliphatic rings. The molecule has 0 spiro atoms. The smallest absolute Gasteiger partial charge is 0.230 e. The van der Waals surface area contributed by atoms with E-state index < -0.39 is 0 Å². The molecule has 1 amide bonds. The largest absolute Gasteiger partial charge is 0.355 e. The van der Waals surface area contributed by atoms with Gasteiger partial charge in [0, 0.05) is 17.0 Å². The summed E-state index contributed by atoms with van der Waals surface area (Å²) in [5.41, 5.74) is 1.91. The van der Waals surface area contributed by atoms with Gasteiger partial charge in [-0.05, 0) is 31.0 Å². The van der Waals surface area contributed by atoms with E-state index in [1.165, 1.54) is 17.3 Å². The molecule has 0 atom stereocenters. The average molecular weight is 313 g/mol. The Kier molecular flexibility index (Phi) is 6.22. The van der Waals surface area contributed by atoms with Gasteiger partial charge in [-0.15, -0.1) is 11.8 Å². The molecule has 114 valence electrons. The predicted molar refractivity (Wildman–Crippen MR) is 90.3 cm³/mol. The van der Waals surface area contributed by atoms with Crippen molar-refractivity contribution in [1.29, 1.82) is 0 Å². The Morgan fingerprint density at radius 2 is 1.68 bits per heavy atom. The fourth-order valence-corrected chi connectivity index (χ4v) is 2.71. The first-order valence-electron chi connectivity index (χ1n) is 7.19. The Hall–Kier alpha value is -2.07. The highest BCUT2D eigenvalue weighted by Gasteiger charge is 2.04. The summed E-state index contributed by atoms with van der Waals surface area (Å²) in [5.74, 6) is 0.459. The highest BCUT2D eigenvalue weighted by Crippen LogP contribution is 2.18. The van der Waals surface area contributed by atoms with Crippen LogP contribution in [0.15, 0.2) is 59.5 Å². The number of nitrogens with one attached hydrogen (secondary N) is 1. The molecule has 0 heterocycles. The maximum Gasteiger partial charge on any atom is 0.230 e. The number of Topliss-reactive ketones (excluding diaryl/α,β-unsaturated/α-hetero) is 1. The summed E-state index contributed by atoms with van der Waals surface area (Å²) in [5, 5.41) is 2.92. The lowest BCUT2D eigenvalue weighted by atomic mass is 10.1. The van der Waals surface area contributed by atoms with Gasteiger partial charge in [-0.2, -0.15) is 0 Å². The molecule has 0 aliphatic heterocycles. The van der Waals surface area contributed by atoms with Crippen molar-refractivity contribution in [1.82, 2.24) is 5.32 Å². The quantitative estimate of drug-likeness (QED) is 0.630. The zero-order valence-corrected chi connectivity index (χ0v) is 13.4. The van der Waals surface area contributed by atoms with Crippen molar-refractivity contribution in [3.05, 3.63) is 65.7 Å². The lowest BCUT2D eigenvalue weighted by Crippen LogP contribution is -2.27. The molecule has 0 saturated carbocycles. The molecule has 0 aliphatic carbocycles. The van der Waals surface area contributed by atoms with Crippen LogP contribution in [-0.2, 0) is 11.2 Å². The number of ketones is 1. The van der Waals surface area contributed by atoms with E-state index in [-0.39, 0.29) is 11.7 Å². The molecule has 2 aromatic carbocycles. The molecule has 0 radical (unpaired) electrons. The summed E-state index contributed by atoms with van der Waals surface area (Å²) in [7, 11) is 0. The Balaban J connectivity index is 1.70. The van der Waals surface area contributed by atoms with E-state index in [0.29, 0.717) is 17.9 Å². The summed E-state index contributed by atoms with van der Waals surface area (Å²) in [4.78, 5) is 24.0. The van der Waals surface area contributed by atoms with Crippen LogP contribution in [0.5, 0.6) is 0 Å². The van der Waals surface area contributed by atoms with Gasteiger partial charge in [0.1, 0.15) is 0 Å². The molecule has 0 fully saturated rings. The number of rotatable bonds is 7. The van der Waals surface area contributed by atoms with Crippen LogP contribution in [-0.4, -0.2) is 24.0 Å². The van der Waals surface area contributed by atoms with Gasteiger partial charge in [0.15, 0.2) is 5.78 Å². The van der Waals surface area contributed by atoms with E-state index >= 15 is 0 Å². The fraction of sp³-hybridized carbons (Fsp3) is 0.222. The number of benzene rings is 2. The molecule has 0 aromatic heterocycles. The van der Waals surface area contributed by atoms with E-state index in [1.807, 2.05) is 30.3 Å². The minimum absolute atomic E-state index is 0.0246. The van der Waals surface area contributed by atoms with E-state index in [9.17, 15) is 9.59 Å². The second kappa shape index (κ2) is 8.39. The van der Waals surface area contributed by atoms with E-state index in [1.54, 1.807) is 19.1 Å². The van der Waals surface area contributed by atoms with Crippen molar-refractivity contribution in [2.24, 2.45) is 0 Å². The monoisotopic (exact) mass is 313 g/mol. The third-order valence-corrected chi connectivity index (χ3v) is 4.22. The SMILES string of the molecule is CC(=O)c1ccc(SCC(=O)NCCc2ccccc2)cc1. The maximum absolute atomic E-state index is 11.8. The third kappa shape index (κ3) is 5.37. The van der Waals surface area contributed by atoms with Crippen molar-refractivity contribution < 1.29 is 9.59 Å². The zero-order chi connectivity index (χ0) is 15.8. The average Bonchev–Trinajstić information content (AvgIpc) is 2.54. The lowest BCUT2D eigenvalue weighted by molar-refractivity contribution is -0.118. The van der Waals surface area contributed by atoms with E-state index in [0.717, 1.165) is 11.3 Å². The molecule has 0 bridgehead atoms. The van der Waals surface area contributed by atoms with Gasteiger partial charge >= 0.3 is 0 Å². The Bertz CT molecular complexity index is 623. The van der Waals surface area contributed by atoms with Crippen LogP contribution in [0.2, 0.25) is 0 Å². The molecule has 2 aromatic rings. The molecular weight excluding hydrogens is 294 g/mol. The first kappa shape index (κ1) is 16.3. The molecule has 0 unspecified atom stereocenters. The number of thioether (sulfide) groups is 1. The van der Waals surface area contributed by atoms with Crippen LogP contribution in [0.1, 0.15) is 22.8 Å². The van der Waals surface area contributed by atoms with Crippen LogP contribution in [0, 0.1) is 0 Å². The zero-order valence-electron chi connectivity index (χ0n) is 12.5. The topological polar surface area (TPSA) is 46.2 Å². The number of hydrogen-bond acceptors (Lipinski definition) is 3. The van der Waals surface area contributed by atoms with Gasteiger partial charge in [0.25, 0.3) is 0 Å². The molecule has 22 heavy (non-hydrogen) atoms. The molecule has 0 saturated heterocycles. The predicted octanol–water partition coefficient (Wildman–Crippen LogP) is 3.34. The standard InChI is InChI=1S/C18H19NO2S/c1-14(20)16-7-9-17(10-8-16)22-13-18(21)19-12-11-15-5-3-2-4-6-15/h2-10H,11-13H2,1H3,(H,19,21). The summed E-state index contributed by atoms with van der Waals surface area (Å²) < 4.78 is 0. The summed E-state index contributed by atoms with van der Waals surface area (Å²) in [6.45, 7) is 2.19. The second-order valence-corrected chi connectivity index (χ2v) is 6.00. The molecule has 1 N–H and O–H groups in total. The van der Waals surface area contributed by atoms with Gasteiger partial charge in [0.05, 0.1) is 5.75 Å². The summed E-state index contributed by atoms with van der Waals surface area (Å²) in [6, 6.07) is 17.4. The maximum atomic E-state index is 11.8.